The van der Waals surface area contributed by atoms with Crippen LogP contribution in [0.2, 0.25) is 0 Å². The molecule has 3 aromatic carbocycles. The van der Waals surface area contributed by atoms with E-state index in [4.69, 9.17) is 9.47 Å². The highest BCUT2D eigenvalue weighted by Gasteiger charge is 2.44. The van der Waals surface area contributed by atoms with Gasteiger partial charge in [0.15, 0.2) is 0 Å². The number of methoxy groups -OCH3 is 1. The Morgan fingerprint density at radius 1 is 0.822 bits per heavy atom. The van der Waals surface area contributed by atoms with E-state index < -0.39 is 0 Å². The number of piperidine rings is 1. The van der Waals surface area contributed by atoms with Crippen molar-refractivity contribution in [2.75, 3.05) is 39.8 Å². The molecule has 240 valence electrons. The van der Waals surface area contributed by atoms with Gasteiger partial charge >= 0.3 is 5.97 Å². The van der Waals surface area contributed by atoms with Crippen LogP contribution in [0.3, 0.4) is 0 Å². The van der Waals surface area contributed by atoms with Crippen molar-refractivity contribution in [2.24, 2.45) is 17.8 Å². The molecule has 6 rings (SSSR count). The molecule has 5 nitrogen and oxygen atoms in total. The van der Waals surface area contributed by atoms with Gasteiger partial charge in [0.1, 0.15) is 18.4 Å². The summed E-state index contributed by atoms with van der Waals surface area (Å²) in [6.07, 6.45) is 11.1. The van der Waals surface area contributed by atoms with Crippen LogP contribution in [0.25, 0.3) is 0 Å². The molecule has 45 heavy (non-hydrogen) atoms. The van der Waals surface area contributed by atoms with Crippen molar-refractivity contribution < 1.29 is 14.3 Å². The monoisotopic (exact) mass is 608 g/mol. The van der Waals surface area contributed by atoms with Gasteiger partial charge in [0.05, 0.1) is 7.11 Å². The summed E-state index contributed by atoms with van der Waals surface area (Å²) >= 11 is 0. The predicted molar refractivity (Wildman–Crippen MR) is 181 cm³/mol. The highest BCUT2D eigenvalue weighted by molar-refractivity contribution is 5.76. The summed E-state index contributed by atoms with van der Waals surface area (Å²) in [5.74, 6) is 2.96. The molecule has 0 radical (unpaired) electrons. The summed E-state index contributed by atoms with van der Waals surface area (Å²) in [5, 5.41) is 0. The van der Waals surface area contributed by atoms with Crippen LogP contribution >= 0.6 is 0 Å². The summed E-state index contributed by atoms with van der Waals surface area (Å²) < 4.78 is 11.4. The van der Waals surface area contributed by atoms with E-state index in [9.17, 15) is 4.79 Å². The molecule has 0 spiro atoms. The van der Waals surface area contributed by atoms with Gasteiger partial charge in [-0.05, 0) is 98.2 Å². The lowest BCUT2D eigenvalue weighted by Crippen LogP contribution is -2.46. The van der Waals surface area contributed by atoms with Crippen LogP contribution in [0.4, 0.5) is 0 Å². The zero-order valence-corrected chi connectivity index (χ0v) is 27.2. The molecule has 3 aliphatic rings. The van der Waals surface area contributed by atoms with Gasteiger partial charge in [0.2, 0.25) is 0 Å². The number of benzene rings is 3. The number of rotatable bonds is 13. The standard InChI is InChI=1S/C40H52N2O3/c1-44-37-21-19-33(20-22-37)30-45-40(43)39(35-17-8-9-18-35)42-28-36(38(29-42)34-15-6-3-7-16-34)27-41-25-23-32(24-26-41)14-10-13-31-11-4-2-5-12-31/h2-7,11-12,15-16,19-22,32,35-36,38-39H,8-10,13-14,17-18,23-30H2,1H3/t36-,38+,39+/m0/s1. The fourth-order valence-corrected chi connectivity index (χ4v) is 8.30. The second-order valence-corrected chi connectivity index (χ2v) is 13.8. The Labute approximate surface area is 270 Å². The summed E-state index contributed by atoms with van der Waals surface area (Å²) in [6.45, 7) is 5.73. The third-order valence-corrected chi connectivity index (χ3v) is 10.8. The minimum Gasteiger partial charge on any atom is -0.497 e. The zero-order chi connectivity index (χ0) is 30.8. The van der Waals surface area contributed by atoms with Crippen molar-refractivity contribution in [3.8, 4) is 5.75 Å². The highest BCUT2D eigenvalue weighted by Crippen LogP contribution is 2.39. The largest absolute Gasteiger partial charge is 0.497 e. The van der Waals surface area contributed by atoms with Crippen molar-refractivity contribution in [2.45, 2.75) is 76.4 Å². The number of hydrogen-bond donors (Lipinski definition) is 0. The maximum atomic E-state index is 13.9. The molecule has 2 heterocycles. The van der Waals surface area contributed by atoms with E-state index in [1.165, 1.54) is 69.2 Å². The molecule has 0 amide bonds. The average Bonchev–Trinajstić information content (AvgIpc) is 3.77. The van der Waals surface area contributed by atoms with Gasteiger partial charge in [-0.2, -0.15) is 0 Å². The maximum absolute atomic E-state index is 13.9. The summed E-state index contributed by atoms with van der Waals surface area (Å²) in [7, 11) is 1.67. The number of carbonyl (C=O) groups excluding carboxylic acids is 1. The molecule has 0 unspecified atom stereocenters. The zero-order valence-electron chi connectivity index (χ0n) is 27.2. The van der Waals surface area contributed by atoms with Gasteiger partial charge in [-0.1, -0.05) is 92.1 Å². The molecule has 0 N–H and O–H groups in total. The molecule has 3 atom stereocenters. The van der Waals surface area contributed by atoms with Gasteiger partial charge < -0.3 is 14.4 Å². The van der Waals surface area contributed by atoms with Gasteiger partial charge in [-0.3, -0.25) is 9.69 Å². The van der Waals surface area contributed by atoms with E-state index >= 15 is 0 Å². The minimum atomic E-state index is -0.155. The molecule has 3 aromatic rings. The Morgan fingerprint density at radius 3 is 2.20 bits per heavy atom. The van der Waals surface area contributed by atoms with E-state index in [0.29, 0.717) is 24.4 Å². The molecule has 5 heteroatoms. The highest BCUT2D eigenvalue weighted by atomic mass is 16.5. The Morgan fingerprint density at radius 2 is 1.51 bits per heavy atom. The van der Waals surface area contributed by atoms with Crippen LogP contribution < -0.4 is 4.74 Å². The van der Waals surface area contributed by atoms with Gasteiger partial charge in [-0.15, -0.1) is 0 Å². The molecular weight excluding hydrogens is 556 g/mol. The quantitative estimate of drug-likeness (QED) is 0.186. The fourth-order valence-electron chi connectivity index (χ4n) is 8.30. The summed E-state index contributed by atoms with van der Waals surface area (Å²) in [6, 6.07) is 29.7. The smallest absolute Gasteiger partial charge is 0.323 e. The molecule has 0 aromatic heterocycles. The molecule has 3 fully saturated rings. The number of carbonyl (C=O) groups is 1. The predicted octanol–water partition coefficient (Wildman–Crippen LogP) is 7.75. The van der Waals surface area contributed by atoms with Gasteiger partial charge in [-0.25, -0.2) is 0 Å². The fraction of sp³-hybridized carbons (Fsp3) is 0.525. The van der Waals surface area contributed by atoms with Crippen LogP contribution in [-0.2, 0) is 22.6 Å². The third-order valence-electron chi connectivity index (χ3n) is 10.8. The topological polar surface area (TPSA) is 42.0 Å². The Kier molecular flexibility index (Phi) is 11.3. The van der Waals surface area contributed by atoms with E-state index in [1.807, 2.05) is 24.3 Å². The molecule has 2 saturated heterocycles. The SMILES string of the molecule is COc1ccc(COC(=O)[C@@H](C2CCCC2)N2C[C@H](CN3CCC(CCCc4ccccc4)CC3)[C@@H](c3ccccc3)C2)cc1. The molecule has 2 aliphatic heterocycles. The Hall–Kier alpha value is -3.15. The van der Waals surface area contributed by atoms with Crippen LogP contribution in [-0.4, -0.2) is 61.6 Å². The third kappa shape index (κ3) is 8.56. The van der Waals surface area contributed by atoms with Crippen LogP contribution in [0.5, 0.6) is 5.75 Å². The number of likely N-dealkylation sites (tertiary alicyclic amines) is 2. The Balaban J connectivity index is 1.08. The molecule has 1 aliphatic carbocycles. The molecule has 1 saturated carbocycles. The van der Waals surface area contributed by atoms with Crippen molar-refractivity contribution in [3.63, 3.8) is 0 Å². The van der Waals surface area contributed by atoms with E-state index in [1.54, 1.807) is 7.11 Å². The van der Waals surface area contributed by atoms with E-state index in [0.717, 1.165) is 49.7 Å². The second-order valence-electron chi connectivity index (χ2n) is 13.8. The van der Waals surface area contributed by atoms with Crippen molar-refractivity contribution in [1.82, 2.24) is 9.80 Å². The number of esters is 1. The first-order chi connectivity index (χ1) is 22.2. The number of ether oxygens (including phenoxy) is 2. The molecular formula is C40H52N2O3. The first-order valence-electron chi connectivity index (χ1n) is 17.5. The minimum absolute atomic E-state index is 0.0403. The van der Waals surface area contributed by atoms with Crippen LogP contribution in [0.15, 0.2) is 84.9 Å². The van der Waals surface area contributed by atoms with Crippen molar-refractivity contribution in [1.29, 1.82) is 0 Å². The number of hydrogen-bond acceptors (Lipinski definition) is 5. The van der Waals surface area contributed by atoms with Gasteiger partial charge in [0.25, 0.3) is 0 Å². The lowest BCUT2D eigenvalue weighted by atomic mass is 9.87. The summed E-state index contributed by atoms with van der Waals surface area (Å²) in [4.78, 5) is 19.1. The van der Waals surface area contributed by atoms with Gasteiger partial charge in [0, 0.05) is 25.6 Å². The maximum Gasteiger partial charge on any atom is 0.323 e. The molecule has 0 bridgehead atoms. The average molecular weight is 609 g/mol. The lowest BCUT2D eigenvalue weighted by molar-refractivity contribution is -0.153. The van der Waals surface area contributed by atoms with Crippen LogP contribution in [0, 0.1) is 17.8 Å². The van der Waals surface area contributed by atoms with Crippen molar-refractivity contribution >= 4 is 5.97 Å². The van der Waals surface area contributed by atoms with Crippen LogP contribution in [0.1, 0.15) is 74.0 Å². The van der Waals surface area contributed by atoms with E-state index in [-0.39, 0.29) is 12.0 Å². The normalized spacial score (nSPS) is 22.4. The Bertz CT molecular complexity index is 1300. The van der Waals surface area contributed by atoms with E-state index in [2.05, 4.69) is 70.5 Å². The number of aryl methyl sites for hydroxylation is 1. The summed E-state index contributed by atoms with van der Waals surface area (Å²) in [5.41, 5.74) is 3.88. The van der Waals surface area contributed by atoms with Crippen molar-refractivity contribution in [3.05, 3.63) is 102 Å². The first kappa shape index (κ1) is 31.8. The first-order valence-corrected chi connectivity index (χ1v) is 17.5. The second kappa shape index (κ2) is 15.9. The number of nitrogens with zero attached hydrogens (tertiary/aromatic N) is 2. The lowest BCUT2D eigenvalue weighted by Gasteiger charge is -2.35.